The van der Waals surface area contributed by atoms with E-state index in [-0.39, 0.29) is 12.5 Å². The van der Waals surface area contributed by atoms with Crippen molar-refractivity contribution in [3.05, 3.63) is 29.3 Å². The van der Waals surface area contributed by atoms with E-state index in [2.05, 4.69) is 20.7 Å². The summed E-state index contributed by atoms with van der Waals surface area (Å²) < 4.78 is 0. The third-order valence-corrected chi connectivity index (χ3v) is 3.43. The lowest BCUT2D eigenvalue weighted by molar-refractivity contribution is -0.142. The Kier molecular flexibility index (Phi) is 5.86. The fraction of sp³-hybridized carbons (Fsp3) is 0.400. The molecule has 0 saturated heterocycles. The Labute approximate surface area is 143 Å². The van der Waals surface area contributed by atoms with Crippen LogP contribution in [0.1, 0.15) is 20.3 Å². The minimum atomic E-state index is -1.06. The molecule has 128 valence electrons. The smallest absolute Gasteiger partial charge is 0.326 e. The second-order valence-corrected chi connectivity index (χ2v) is 6.17. The van der Waals surface area contributed by atoms with Gasteiger partial charge in [-0.25, -0.2) is 4.79 Å². The fourth-order valence-electron chi connectivity index (χ4n) is 2.09. The molecular weight excluding hydrogens is 334 g/mol. The van der Waals surface area contributed by atoms with Crippen LogP contribution in [-0.2, 0) is 16.1 Å². The van der Waals surface area contributed by atoms with E-state index in [1.165, 1.54) is 0 Å². The van der Waals surface area contributed by atoms with Gasteiger partial charge in [-0.2, -0.15) is 4.80 Å². The predicted octanol–water partition coefficient (Wildman–Crippen LogP) is 1.61. The van der Waals surface area contributed by atoms with Gasteiger partial charge in [-0.1, -0.05) is 25.4 Å². The number of nitrogens with zero attached hydrogens (tertiary/aromatic N) is 4. The van der Waals surface area contributed by atoms with E-state index in [4.69, 9.17) is 16.7 Å². The normalized spacial score (nSPS) is 12.2. The molecule has 24 heavy (non-hydrogen) atoms. The molecule has 1 amide bonds. The van der Waals surface area contributed by atoms with Gasteiger partial charge in [0.1, 0.15) is 12.6 Å². The molecule has 0 bridgehead atoms. The van der Waals surface area contributed by atoms with E-state index in [0.717, 1.165) is 4.80 Å². The number of carbonyl (C=O) groups is 2. The number of carboxylic acids is 1. The third kappa shape index (κ3) is 5.02. The lowest BCUT2D eigenvalue weighted by atomic mass is 10.0. The first-order valence-corrected chi connectivity index (χ1v) is 7.79. The zero-order valence-corrected chi connectivity index (χ0v) is 14.1. The zero-order valence-electron chi connectivity index (χ0n) is 13.3. The van der Waals surface area contributed by atoms with E-state index in [0.29, 0.717) is 22.8 Å². The molecule has 1 unspecified atom stereocenters. The number of aromatic nitrogens is 4. The molecule has 0 spiro atoms. The second kappa shape index (κ2) is 7.87. The molecule has 2 N–H and O–H groups in total. The van der Waals surface area contributed by atoms with Crippen LogP contribution < -0.4 is 5.32 Å². The van der Waals surface area contributed by atoms with Gasteiger partial charge in [-0.15, -0.1) is 10.2 Å². The third-order valence-electron chi connectivity index (χ3n) is 3.18. The first-order valence-electron chi connectivity index (χ1n) is 7.41. The summed E-state index contributed by atoms with van der Waals surface area (Å²) in [5.41, 5.74) is 0.717. The van der Waals surface area contributed by atoms with Crippen LogP contribution in [0, 0.1) is 5.92 Å². The summed E-state index contributed by atoms with van der Waals surface area (Å²) in [4.78, 5) is 24.3. The van der Waals surface area contributed by atoms with E-state index < -0.39 is 17.9 Å². The van der Waals surface area contributed by atoms with Gasteiger partial charge in [-0.05, 0) is 41.8 Å². The number of nitrogens with one attached hydrogen (secondary N) is 1. The number of carbonyl (C=O) groups excluding carboxylic acids is 1. The predicted molar refractivity (Wildman–Crippen MR) is 87.3 cm³/mol. The van der Waals surface area contributed by atoms with Crippen LogP contribution >= 0.6 is 11.6 Å². The molecular formula is C15H18ClN5O3. The van der Waals surface area contributed by atoms with Crippen molar-refractivity contribution in [1.82, 2.24) is 25.5 Å². The summed E-state index contributed by atoms with van der Waals surface area (Å²) in [7, 11) is 0. The Morgan fingerprint density at radius 3 is 2.54 bits per heavy atom. The lowest BCUT2D eigenvalue weighted by Crippen LogP contribution is -2.43. The van der Waals surface area contributed by atoms with Crippen LogP contribution in [0.25, 0.3) is 11.4 Å². The number of hydrogen-bond donors (Lipinski definition) is 2. The minimum Gasteiger partial charge on any atom is -0.480 e. The zero-order chi connectivity index (χ0) is 17.7. The Hall–Kier alpha value is -2.48. The van der Waals surface area contributed by atoms with E-state index in [1.54, 1.807) is 24.3 Å². The van der Waals surface area contributed by atoms with Crippen molar-refractivity contribution in [2.75, 3.05) is 0 Å². The molecule has 2 rings (SSSR count). The van der Waals surface area contributed by atoms with Gasteiger partial charge in [0.05, 0.1) is 0 Å². The first kappa shape index (κ1) is 17.9. The topological polar surface area (TPSA) is 110 Å². The van der Waals surface area contributed by atoms with Crippen LogP contribution in [0.2, 0.25) is 5.02 Å². The number of halogens is 1. The summed E-state index contributed by atoms with van der Waals surface area (Å²) in [6.07, 6.45) is 0.349. The van der Waals surface area contributed by atoms with Crippen molar-refractivity contribution < 1.29 is 14.7 Å². The lowest BCUT2D eigenvalue weighted by Gasteiger charge is -2.16. The molecule has 1 heterocycles. The Bertz CT molecular complexity index is 714. The Morgan fingerprint density at radius 2 is 1.96 bits per heavy atom. The average Bonchev–Trinajstić information content (AvgIpc) is 2.95. The molecule has 9 heteroatoms. The maximum Gasteiger partial charge on any atom is 0.326 e. The van der Waals surface area contributed by atoms with Crippen LogP contribution in [0.4, 0.5) is 0 Å². The second-order valence-electron chi connectivity index (χ2n) is 5.74. The highest BCUT2D eigenvalue weighted by Gasteiger charge is 2.21. The molecule has 0 aliphatic rings. The molecule has 1 aromatic carbocycles. The average molecular weight is 352 g/mol. The number of hydrogen-bond acceptors (Lipinski definition) is 5. The van der Waals surface area contributed by atoms with Crippen molar-refractivity contribution in [2.45, 2.75) is 32.9 Å². The molecule has 8 nitrogen and oxygen atoms in total. The standard InChI is InChI=1S/C15H18ClN5O3/c1-9(2)7-12(15(23)24)17-13(22)8-21-19-14(18-20-21)10-3-5-11(16)6-4-10/h3-6,9,12H,7-8H2,1-2H3,(H,17,22)(H,23,24). The van der Waals surface area contributed by atoms with Crippen LogP contribution in [0.3, 0.4) is 0 Å². The highest BCUT2D eigenvalue weighted by molar-refractivity contribution is 6.30. The SMILES string of the molecule is CC(C)CC(NC(=O)Cn1nnc(-c2ccc(Cl)cc2)n1)C(=O)O. The van der Waals surface area contributed by atoms with E-state index >= 15 is 0 Å². The van der Waals surface area contributed by atoms with Crippen molar-refractivity contribution in [3.63, 3.8) is 0 Å². The van der Waals surface area contributed by atoms with Crippen molar-refractivity contribution in [3.8, 4) is 11.4 Å². The van der Waals surface area contributed by atoms with Gasteiger partial charge in [0.25, 0.3) is 0 Å². The summed E-state index contributed by atoms with van der Waals surface area (Å²) in [5, 5.41) is 24.0. The molecule has 2 aromatic rings. The molecule has 1 aromatic heterocycles. The quantitative estimate of drug-likeness (QED) is 0.784. The summed E-state index contributed by atoms with van der Waals surface area (Å²) in [5.74, 6) is -1.04. The van der Waals surface area contributed by atoms with Crippen molar-refractivity contribution >= 4 is 23.5 Å². The van der Waals surface area contributed by atoms with Gasteiger partial charge in [0.15, 0.2) is 0 Å². The van der Waals surface area contributed by atoms with Crippen LogP contribution in [0.5, 0.6) is 0 Å². The molecule has 0 saturated carbocycles. The number of amides is 1. The van der Waals surface area contributed by atoms with Gasteiger partial charge in [0, 0.05) is 10.6 Å². The number of carboxylic acid groups (broad SMARTS) is 1. The molecule has 0 radical (unpaired) electrons. The molecule has 0 aliphatic heterocycles. The maximum atomic E-state index is 12.0. The highest BCUT2D eigenvalue weighted by atomic mass is 35.5. The monoisotopic (exact) mass is 351 g/mol. The van der Waals surface area contributed by atoms with E-state index in [1.807, 2.05) is 13.8 Å². The number of aliphatic carboxylic acids is 1. The molecule has 1 atom stereocenters. The fourth-order valence-corrected chi connectivity index (χ4v) is 2.21. The van der Waals surface area contributed by atoms with Crippen molar-refractivity contribution in [2.24, 2.45) is 5.92 Å². The molecule has 0 fully saturated rings. The Morgan fingerprint density at radius 1 is 1.29 bits per heavy atom. The summed E-state index contributed by atoms with van der Waals surface area (Å²) in [6.45, 7) is 3.57. The highest BCUT2D eigenvalue weighted by Crippen LogP contribution is 2.16. The Balaban J connectivity index is 1.99. The first-order chi connectivity index (χ1) is 11.3. The van der Waals surface area contributed by atoms with E-state index in [9.17, 15) is 9.59 Å². The van der Waals surface area contributed by atoms with Crippen LogP contribution in [0.15, 0.2) is 24.3 Å². The summed E-state index contributed by atoms with van der Waals surface area (Å²) in [6, 6.07) is 5.96. The van der Waals surface area contributed by atoms with Gasteiger partial charge in [-0.3, -0.25) is 4.79 Å². The minimum absolute atomic E-state index is 0.146. The van der Waals surface area contributed by atoms with Gasteiger partial charge >= 0.3 is 5.97 Å². The van der Waals surface area contributed by atoms with Gasteiger partial charge < -0.3 is 10.4 Å². The maximum absolute atomic E-state index is 12.0. The molecule has 0 aliphatic carbocycles. The van der Waals surface area contributed by atoms with Crippen LogP contribution in [-0.4, -0.2) is 43.2 Å². The number of tetrazole rings is 1. The number of benzene rings is 1. The number of rotatable bonds is 7. The van der Waals surface area contributed by atoms with Crippen molar-refractivity contribution in [1.29, 1.82) is 0 Å². The van der Waals surface area contributed by atoms with Gasteiger partial charge in [0.2, 0.25) is 11.7 Å². The summed E-state index contributed by atoms with van der Waals surface area (Å²) >= 11 is 5.82. The largest absolute Gasteiger partial charge is 0.480 e.